The zero-order valence-corrected chi connectivity index (χ0v) is 37.1. The number of nitrogens with one attached hydrogen (secondary N) is 3. The molecule has 0 unspecified atom stereocenters. The predicted octanol–water partition coefficient (Wildman–Crippen LogP) is 8.70. The standard InChI is InChI=1S/C48H57ClN6O5S/c1-33-27-40(11-14-43(33)51-32-48(57)18-21-53(4)22-19-48)61(58,59)52-46(56)41-12-9-38(29-45(41)60-39-10-13-44-35(28-39)16-20-50-44)55-25-23-54(24-26-55)31-36-15-17-47(2,3)30-42(36)34-5-7-37(49)8-6-34/h5-14,16,20,27-29,50-51,57H,15,17-19,21-26,30-32H2,1-4H3,(H,52,56). The van der Waals surface area contributed by atoms with E-state index in [4.69, 9.17) is 16.3 Å². The molecule has 2 aliphatic heterocycles. The first-order chi connectivity index (χ1) is 29.1. The van der Waals surface area contributed by atoms with Gasteiger partial charge in [-0.1, -0.05) is 43.2 Å². The monoisotopic (exact) mass is 864 g/mol. The number of aromatic nitrogens is 1. The van der Waals surface area contributed by atoms with E-state index in [9.17, 15) is 18.3 Å². The second-order valence-corrected chi connectivity index (χ2v) is 20.1. The fourth-order valence-electron chi connectivity index (χ4n) is 8.81. The summed E-state index contributed by atoms with van der Waals surface area (Å²) < 4.78 is 36.2. The number of allylic oxidation sites excluding steroid dienone is 1. The molecule has 11 nitrogen and oxygen atoms in total. The molecule has 3 heterocycles. The number of anilines is 2. The molecule has 4 N–H and O–H groups in total. The molecule has 0 radical (unpaired) electrons. The van der Waals surface area contributed by atoms with Crippen molar-refractivity contribution in [3.05, 3.63) is 118 Å². The quantitative estimate of drug-likeness (QED) is 0.0974. The molecule has 0 bridgehead atoms. The number of aliphatic hydroxyl groups is 1. The molecule has 61 heavy (non-hydrogen) atoms. The van der Waals surface area contributed by atoms with Crippen LogP contribution in [0.3, 0.4) is 0 Å². The van der Waals surface area contributed by atoms with Crippen LogP contribution in [0, 0.1) is 12.3 Å². The maximum atomic E-state index is 14.0. The molecule has 2 saturated heterocycles. The number of H-pyrrole nitrogens is 1. The number of fused-ring (bicyclic) bond motifs is 1. The third-order valence-electron chi connectivity index (χ3n) is 12.8. The van der Waals surface area contributed by atoms with Crippen LogP contribution in [0.25, 0.3) is 16.5 Å². The maximum Gasteiger partial charge on any atom is 0.268 e. The van der Waals surface area contributed by atoms with Gasteiger partial charge in [0, 0.05) is 91.9 Å². The summed E-state index contributed by atoms with van der Waals surface area (Å²) in [5.74, 6) is -0.0125. The predicted molar refractivity (Wildman–Crippen MR) is 245 cm³/mol. The van der Waals surface area contributed by atoms with E-state index < -0.39 is 21.5 Å². The van der Waals surface area contributed by atoms with Crippen molar-refractivity contribution in [3.8, 4) is 11.5 Å². The van der Waals surface area contributed by atoms with Gasteiger partial charge in [0.05, 0.1) is 16.1 Å². The van der Waals surface area contributed by atoms with E-state index in [0.717, 1.165) is 92.4 Å². The van der Waals surface area contributed by atoms with Gasteiger partial charge in [0.15, 0.2) is 0 Å². The number of hydrogen-bond donors (Lipinski definition) is 4. The number of benzene rings is 4. The van der Waals surface area contributed by atoms with Gasteiger partial charge in [0.25, 0.3) is 15.9 Å². The number of piperidine rings is 1. The summed E-state index contributed by atoms with van der Waals surface area (Å²) in [6, 6.07) is 25.9. The lowest BCUT2D eigenvalue weighted by Crippen LogP contribution is -2.47. The van der Waals surface area contributed by atoms with Crippen molar-refractivity contribution in [2.24, 2.45) is 5.41 Å². The first-order valence-electron chi connectivity index (χ1n) is 21.3. The Labute approximate surface area is 364 Å². The molecule has 4 aromatic carbocycles. The Kier molecular flexibility index (Phi) is 12.3. The number of sulfonamides is 1. The zero-order valence-electron chi connectivity index (χ0n) is 35.6. The van der Waals surface area contributed by atoms with Crippen LogP contribution in [-0.2, 0) is 10.0 Å². The Morgan fingerprint density at radius 2 is 1.66 bits per heavy atom. The zero-order chi connectivity index (χ0) is 42.9. The fraction of sp³-hybridized carbons (Fsp3) is 0.396. The SMILES string of the molecule is Cc1cc(S(=O)(=O)NC(=O)c2ccc(N3CCN(CC4=C(c5ccc(Cl)cc5)CC(C)(C)CC4)CC3)cc2Oc2ccc3[nH]ccc3c2)ccc1NCC1(O)CCN(C)CC1. The number of aromatic amines is 1. The molecule has 1 amide bonds. The first kappa shape index (κ1) is 42.8. The third kappa shape index (κ3) is 10.1. The Morgan fingerprint density at radius 3 is 2.39 bits per heavy atom. The van der Waals surface area contributed by atoms with Crippen LogP contribution < -0.4 is 19.7 Å². The van der Waals surface area contributed by atoms with Crippen LogP contribution in [0.4, 0.5) is 11.4 Å². The van der Waals surface area contributed by atoms with Crippen LogP contribution in [-0.4, -0.2) is 99.2 Å². The molecule has 322 valence electrons. The highest BCUT2D eigenvalue weighted by atomic mass is 35.5. The average Bonchev–Trinajstić information content (AvgIpc) is 3.71. The van der Waals surface area contributed by atoms with Crippen LogP contribution in [0.15, 0.2) is 102 Å². The van der Waals surface area contributed by atoms with Gasteiger partial charge in [0.1, 0.15) is 11.5 Å². The fourth-order valence-corrected chi connectivity index (χ4v) is 9.99. The van der Waals surface area contributed by atoms with E-state index in [0.29, 0.717) is 30.7 Å². The van der Waals surface area contributed by atoms with E-state index in [-0.39, 0.29) is 21.6 Å². The van der Waals surface area contributed by atoms with Crippen molar-refractivity contribution in [2.75, 3.05) is 69.6 Å². The summed E-state index contributed by atoms with van der Waals surface area (Å²) in [6.07, 6.45) is 6.44. The number of ether oxygens (including phenoxy) is 1. The smallest absolute Gasteiger partial charge is 0.268 e. The summed E-state index contributed by atoms with van der Waals surface area (Å²) in [6.45, 7) is 12.7. The van der Waals surface area contributed by atoms with E-state index in [1.165, 1.54) is 28.8 Å². The molecule has 0 spiro atoms. The number of rotatable bonds is 12. The summed E-state index contributed by atoms with van der Waals surface area (Å²) in [7, 11) is -2.22. The van der Waals surface area contributed by atoms with Crippen LogP contribution in [0.2, 0.25) is 5.02 Å². The van der Waals surface area contributed by atoms with Gasteiger partial charge in [-0.05, 0) is 135 Å². The van der Waals surface area contributed by atoms with Crippen molar-refractivity contribution >= 4 is 55.4 Å². The van der Waals surface area contributed by atoms with E-state index in [1.807, 2.05) is 61.8 Å². The van der Waals surface area contributed by atoms with E-state index in [2.05, 4.69) is 55.7 Å². The van der Waals surface area contributed by atoms with Gasteiger partial charge in [0.2, 0.25) is 0 Å². The number of likely N-dealkylation sites (tertiary alicyclic amines) is 1. The highest BCUT2D eigenvalue weighted by Gasteiger charge is 2.32. The Hall–Kier alpha value is -4.85. The van der Waals surface area contributed by atoms with Crippen LogP contribution in [0.5, 0.6) is 11.5 Å². The summed E-state index contributed by atoms with van der Waals surface area (Å²) in [5, 5.41) is 16.0. The average molecular weight is 866 g/mol. The molecule has 5 aromatic rings. The molecule has 3 aliphatic rings. The second kappa shape index (κ2) is 17.5. The minimum atomic E-state index is -4.26. The van der Waals surface area contributed by atoms with E-state index >= 15 is 0 Å². The summed E-state index contributed by atoms with van der Waals surface area (Å²) >= 11 is 6.25. The van der Waals surface area contributed by atoms with E-state index in [1.54, 1.807) is 19.1 Å². The Balaban J connectivity index is 0.982. The number of carbonyl (C=O) groups is 1. The molecule has 0 saturated carbocycles. The van der Waals surface area contributed by atoms with Crippen LogP contribution in [0.1, 0.15) is 67.4 Å². The number of amides is 1. The number of piperazine rings is 1. The van der Waals surface area contributed by atoms with Gasteiger partial charge < -0.3 is 29.9 Å². The molecule has 13 heteroatoms. The lowest BCUT2D eigenvalue weighted by atomic mass is 9.72. The van der Waals surface area contributed by atoms with Crippen molar-refractivity contribution in [3.63, 3.8) is 0 Å². The largest absolute Gasteiger partial charge is 0.456 e. The molecule has 8 rings (SSSR count). The molecular weight excluding hydrogens is 808 g/mol. The molecule has 1 aromatic heterocycles. The topological polar surface area (TPSA) is 130 Å². The Morgan fingerprint density at radius 1 is 0.902 bits per heavy atom. The maximum absolute atomic E-state index is 14.0. The van der Waals surface area contributed by atoms with Gasteiger partial charge in [-0.3, -0.25) is 9.69 Å². The van der Waals surface area contributed by atoms with Crippen LogP contribution >= 0.6 is 11.6 Å². The molecule has 0 atom stereocenters. The van der Waals surface area contributed by atoms with Crippen molar-refractivity contribution in [2.45, 2.75) is 63.4 Å². The number of halogens is 1. The van der Waals surface area contributed by atoms with Gasteiger partial charge in [-0.2, -0.15) is 0 Å². The number of aryl methyl sites for hydroxylation is 1. The second-order valence-electron chi connectivity index (χ2n) is 18.0. The van der Waals surface area contributed by atoms with Gasteiger partial charge >= 0.3 is 0 Å². The molecule has 1 aliphatic carbocycles. The minimum Gasteiger partial charge on any atom is -0.456 e. The molecule has 2 fully saturated rings. The summed E-state index contributed by atoms with van der Waals surface area (Å²) in [4.78, 5) is 24.1. The van der Waals surface area contributed by atoms with Crippen molar-refractivity contribution < 1.29 is 23.1 Å². The number of carbonyl (C=O) groups excluding carboxylic acids is 1. The molecular formula is C48H57ClN6O5S. The number of hydrogen-bond acceptors (Lipinski definition) is 9. The first-order valence-corrected chi connectivity index (χ1v) is 23.1. The normalized spacial score (nSPS) is 18.6. The highest BCUT2D eigenvalue weighted by Crippen LogP contribution is 2.43. The lowest BCUT2D eigenvalue weighted by Gasteiger charge is -2.39. The van der Waals surface area contributed by atoms with Crippen molar-refractivity contribution in [1.82, 2.24) is 19.5 Å². The minimum absolute atomic E-state index is 0.0373. The number of nitrogens with zero attached hydrogens (tertiary/aromatic N) is 3. The highest BCUT2D eigenvalue weighted by molar-refractivity contribution is 7.90. The van der Waals surface area contributed by atoms with Gasteiger partial charge in [-0.25, -0.2) is 13.1 Å². The lowest BCUT2D eigenvalue weighted by molar-refractivity contribution is -0.00404. The third-order valence-corrected chi connectivity index (χ3v) is 14.3. The summed E-state index contributed by atoms with van der Waals surface area (Å²) in [5.41, 5.74) is 6.96. The Bertz CT molecular complexity index is 2540. The van der Waals surface area contributed by atoms with Crippen molar-refractivity contribution in [1.29, 1.82) is 0 Å². The van der Waals surface area contributed by atoms with Gasteiger partial charge in [-0.15, -0.1) is 0 Å².